The van der Waals surface area contributed by atoms with Gasteiger partial charge in [0.05, 0.1) is 0 Å². The van der Waals surface area contributed by atoms with Gasteiger partial charge in [-0.2, -0.15) is 0 Å². The van der Waals surface area contributed by atoms with Crippen LogP contribution < -0.4 is 48.4 Å². The van der Waals surface area contributed by atoms with Crippen LogP contribution >= 0.6 is 0 Å². The minimum absolute atomic E-state index is 0.214. The van der Waals surface area contributed by atoms with Crippen molar-refractivity contribution in [1.82, 2.24) is 0 Å². The van der Waals surface area contributed by atoms with E-state index in [-0.39, 0.29) is 11.6 Å². The van der Waals surface area contributed by atoms with Gasteiger partial charge in [-0.25, -0.2) is 0 Å². The number of halogens is 1. The molecule has 0 aliphatic rings. The summed E-state index contributed by atoms with van der Waals surface area (Å²) < 4.78 is 6.17. The molecule has 0 unspecified atom stereocenters. The molecular weight excluding hydrogens is 257 g/mol. The van der Waals surface area contributed by atoms with Crippen LogP contribution in [0.3, 0.4) is 0 Å². The van der Waals surface area contributed by atoms with Crippen molar-refractivity contribution in [3.63, 3.8) is 0 Å². The average Bonchev–Trinajstić information content (AvgIpc) is 1.88. The molecule has 0 radical (unpaired) electrons. The van der Waals surface area contributed by atoms with Crippen LogP contribution in [0.2, 0.25) is 0 Å². The van der Waals surface area contributed by atoms with E-state index in [0.717, 1.165) is 0 Å². The Labute approximate surface area is 76.3 Å². The second kappa shape index (κ2) is 4.29. The number of nitrogens with two attached hydrogens (primary N) is 5. The Morgan fingerprint density at radius 2 is 1.45 bits per heavy atom. The van der Waals surface area contributed by atoms with E-state index in [1.54, 1.807) is 6.92 Å². The quantitative estimate of drug-likeness (QED) is 0.195. The number of rotatable bonds is 2. The summed E-state index contributed by atoms with van der Waals surface area (Å²) in [6.07, 6.45) is 0. The van der Waals surface area contributed by atoms with Gasteiger partial charge in [-0.05, 0) is 0 Å². The summed E-state index contributed by atoms with van der Waals surface area (Å²) in [7, 11) is 0. The first kappa shape index (κ1) is 10.4. The van der Waals surface area contributed by atoms with E-state index in [1.165, 1.54) is 0 Å². The van der Waals surface area contributed by atoms with Crippen molar-refractivity contribution in [3.8, 4) is 0 Å². The zero-order valence-corrected chi connectivity index (χ0v) is 8.42. The molecule has 0 fully saturated rings. The summed E-state index contributed by atoms with van der Waals surface area (Å²) in [6, 6.07) is 0. The van der Waals surface area contributed by atoms with Crippen LogP contribution in [-0.2, 0) is 0 Å². The second-order valence-corrected chi connectivity index (χ2v) is 3.66. The number of allylic oxidation sites excluding steroid dienone is 2. The van der Waals surface area contributed by atoms with Crippen molar-refractivity contribution in [2.75, 3.05) is 0 Å². The summed E-state index contributed by atoms with van der Waals surface area (Å²) >= 11 is -0.661. The number of hydrogen-bond acceptors (Lipinski definition) is 5. The Bertz CT molecular complexity index is 199. The van der Waals surface area contributed by atoms with Gasteiger partial charge in [-0.3, -0.25) is 0 Å². The predicted octanol–water partition coefficient (Wildman–Crippen LogP) is -4.82. The van der Waals surface area contributed by atoms with Crippen LogP contribution in [0.4, 0.5) is 0 Å². The molecule has 0 aliphatic carbocycles. The molecule has 66 valence electrons. The fourth-order valence-corrected chi connectivity index (χ4v) is 1.63. The van der Waals surface area contributed by atoms with Gasteiger partial charge in [0.15, 0.2) is 0 Å². The zero-order valence-electron chi connectivity index (χ0n) is 6.26. The molecule has 0 saturated heterocycles. The Kier molecular flexibility index (Phi) is 4.04. The third-order valence-electron chi connectivity index (χ3n) is 1.12. The fourth-order valence-electron chi connectivity index (χ4n) is 0.488. The van der Waals surface area contributed by atoms with E-state index in [4.69, 9.17) is 26.9 Å². The van der Waals surface area contributed by atoms with Gasteiger partial charge in [0, 0.05) is 0 Å². The third kappa shape index (κ3) is 2.85. The van der Waals surface area contributed by atoms with Crippen molar-refractivity contribution in [2.45, 2.75) is 6.92 Å². The molecule has 0 heterocycles. The molecular formula is C5H13IN5-. The van der Waals surface area contributed by atoms with Crippen LogP contribution in [0.5, 0.6) is 0 Å². The summed E-state index contributed by atoms with van der Waals surface area (Å²) in [4.78, 5) is 0. The molecule has 0 spiro atoms. The molecule has 0 aliphatic heterocycles. The fraction of sp³-hybridized carbons (Fsp3) is 0.200. The Hall–Kier alpha value is -0.630. The van der Waals surface area contributed by atoms with Crippen LogP contribution in [0, 0.1) is 0 Å². The predicted molar refractivity (Wildman–Crippen MR) is 40.7 cm³/mol. The zero-order chi connectivity index (χ0) is 9.02. The van der Waals surface area contributed by atoms with E-state index in [9.17, 15) is 0 Å². The maximum absolute atomic E-state index is 5.46. The van der Waals surface area contributed by atoms with E-state index in [2.05, 4.69) is 0 Å². The van der Waals surface area contributed by atoms with Gasteiger partial charge in [0.2, 0.25) is 0 Å². The molecule has 0 amide bonds. The van der Waals surface area contributed by atoms with Gasteiger partial charge < -0.3 is 0 Å². The average molecular weight is 270 g/mol. The van der Waals surface area contributed by atoms with E-state index in [1.807, 2.05) is 0 Å². The molecule has 5 nitrogen and oxygen atoms in total. The van der Waals surface area contributed by atoms with Crippen molar-refractivity contribution < 1.29 is 21.5 Å². The Morgan fingerprint density at radius 3 is 1.55 bits per heavy atom. The van der Waals surface area contributed by atoms with Gasteiger partial charge in [0.25, 0.3) is 0 Å². The topological polar surface area (TPSA) is 130 Å². The SMILES string of the molecule is CC(=C(N)N)C([I-]N)=C(N)N. The van der Waals surface area contributed by atoms with Crippen LogP contribution in [-0.4, -0.2) is 0 Å². The Morgan fingerprint density at radius 1 is 1.00 bits per heavy atom. The molecule has 6 heteroatoms. The normalized spacial score (nSPS) is 9.27. The van der Waals surface area contributed by atoms with E-state index in [0.29, 0.717) is 9.15 Å². The summed E-state index contributed by atoms with van der Waals surface area (Å²) in [5.41, 5.74) is 22.0. The van der Waals surface area contributed by atoms with E-state index >= 15 is 0 Å². The van der Waals surface area contributed by atoms with E-state index < -0.39 is 21.5 Å². The number of hydrogen-bond donors (Lipinski definition) is 5. The molecule has 11 heavy (non-hydrogen) atoms. The van der Waals surface area contributed by atoms with Crippen LogP contribution in [0.25, 0.3) is 0 Å². The Balaban J connectivity index is 4.84. The first-order chi connectivity index (χ1) is 5.00. The monoisotopic (exact) mass is 270 g/mol. The van der Waals surface area contributed by atoms with Gasteiger partial charge >= 0.3 is 76.1 Å². The molecule has 0 bridgehead atoms. The summed E-state index contributed by atoms with van der Waals surface area (Å²) in [5, 5.41) is 0. The molecule has 0 rings (SSSR count). The molecule has 0 aromatic carbocycles. The van der Waals surface area contributed by atoms with Crippen molar-refractivity contribution in [2.24, 2.45) is 26.9 Å². The van der Waals surface area contributed by atoms with Gasteiger partial charge in [-0.15, -0.1) is 0 Å². The first-order valence-corrected chi connectivity index (χ1v) is 5.14. The molecule has 0 atom stereocenters. The van der Waals surface area contributed by atoms with Crippen molar-refractivity contribution in [1.29, 1.82) is 0 Å². The third-order valence-corrected chi connectivity index (χ3v) is 3.18. The standard InChI is InChI=1S/C5H13IN5/c1-2(4(7)8)3(6-11)5(9)10/h7-11H2,1H3/q-1. The molecule has 10 N–H and O–H groups in total. The van der Waals surface area contributed by atoms with Gasteiger partial charge in [-0.1, -0.05) is 0 Å². The second-order valence-electron chi connectivity index (χ2n) is 1.96. The summed E-state index contributed by atoms with van der Waals surface area (Å²) in [6.45, 7) is 1.75. The van der Waals surface area contributed by atoms with Crippen LogP contribution in [0.15, 0.2) is 20.8 Å². The van der Waals surface area contributed by atoms with Gasteiger partial charge in [0.1, 0.15) is 0 Å². The molecule has 0 aromatic rings. The van der Waals surface area contributed by atoms with Crippen LogP contribution in [0.1, 0.15) is 6.92 Å². The van der Waals surface area contributed by atoms with Crippen molar-refractivity contribution >= 4 is 0 Å². The molecule has 0 saturated carbocycles. The molecule has 0 aromatic heterocycles. The minimum atomic E-state index is -0.661. The van der Waals surface area contributed by atoms with Crippen molar-refractivity contribution in [3.05, 3.63) is 20.8 Å². The summed E-state index contributed by atoms with van der Waals surface area (Å²) in [5.74, 6) is 0.435. The first-order valence-electron chi connectivity index (χ1n) is 2.81. The maximum atomic E-state index is 5.46.